The lowest BCUT2D eigenvalue weighted by atomic mass is 10.1. The monoisotopic (exact) mass is 292 g/mol. The molecule has 1 aromatic carbocycles. The van der Waals surface area contributed by atoms with Gasteiger partial charge in [-0.15, -0.1) is 0 Å². The van der Waals surface area contributed by atoms with Gasteiger partial charge in [-0.05, 0) is 43.0 Å². The van der Waals surface area contributed by atoms with Crippen LogP contribution in [0.5, 0.6) is 5.75 Å². The normalized spacial score (nSPS) is 10.3. The predicted octanol–water partition coefficient (Wildman–Crippen LogP) is 2.67. The molecule has 5 heteroatoms. The zero-order chi connectivity index (χ0) is 15.7. The molecule has 0 saturated carbocycles. The Labute approximate surface area is 126 Å². The highest BCUT2D eigenvalue weighted by Crippen LogP contribution is 2.13. The van der Waals surface area contributed by atoms with Gasteiger partial charge in [-0.3, -0.25) is 20.4 Å². The van der Waals surface area contributed by atoms with Crippen LogP contribution in [0.25, 0.3) is 0 Å². The van der Waals surface area contributed by atoms with E-state index in [4.69, 9.17) is 4.74 Å². The van der Waals surface area contributed by atoms with Crippen LogP contribution >= 0.6 is 0 Å². The molecule has 116 valence electrons. The van der Waals surface area contributed by atoms with Crippen LogP contribution in [0.3, 0.4) is 0 Å². The highest BCUT2D eigenvalue weighted by atomic mass is 16.5. The van der Waals surface area contributed by atoms with Crippen molar-refractivity contribution in [3.8, 4) is 5.75 Å². The number of ether oxygens (including phenoxy) is 1. The van der Waals surface area contributed by atoms with Crippen LogP contribution in [-0.4, -0.2) is 18.4 Å². The molecule has 0 bridgehead atoms. The van der Waals surface area contributed by atoms with E-state index in [-0.39, 0.29) is 11.8 Å². The van der Waals surface area contributed by atoms with Gasteiger partial charge in [0.1, 0.15) is 5.75 Å². The third kappa shape index (κ3) is 6.79. The Hall–Kier alpha value is -2.04. The third-order valence-electron chi connectivity index (χ3n) is 2.87. The fourth-order valence-corrected chi connectivity index (χ4v) is 1.60. The first kappa shape index (κ1) is 17.0. The fourth-order valence-electron chi connectivity index (χ4n) is 1.60. The molecule has 5 nitrogen and oxygen atoms in total. The SMILES string of the molecule is CCCC(=O)NNC(=O)c1ccc(OCCC(C)C)cc1. The minimum absolute atomic E-state index is 0.195. The first-order valence-corrected chi connectivity index (χ1v) is 7.35. The van der Waals surface area contributed by atoms with E-state index in [9.17, 15) is 9.59 Å². The lowest BCUT2D eigenvalue weighted by Gasteiger charge is -2.09. The van der Waals surface area contributed by atoms with Gasteiger partial charge in [0.05, 0.1) is 6.61 Å². The number of benzene rings is 1. The average Bonchev–Trinajstić information content (AvgIpc) is 2.45. The average molecular weight is 292 g/mol. The molecule has 1 rings (SSSR count). The quantitative estimate of drug-likeness (QED) is 0.759. The number of nitrogens with one attached hydrogen (secondary N) is 2. The molecule has 0 aliphatic rings. The smallest absolute Gasteiger partial charge is 0.269 e. The summed E-state index contributed by atoms with van der Waals surface area (Å²) in [5.74, 6) is 0.802. The molecular formula is C16H24N2O3. The van der Waals surface area contributed by atoms with Crippen molar-refractivity contribution in [2.75, 3.05) is 6.61 Å². The van der Waals surface area contributed by atoms with Gasteiger partial charge in [-0.1, -0.05) is 20.8 Å². The van der Waals surface area contributed by atoms with Crippen LogP contribution in [0, 0.1) is 5.92 Å². The molecule has 0 fully saturated rings. The Morgan fingerprint density at radius 2 is 1.81 bits per heavy atom. The van der Waals surface area contributed by atoms with Crippen molar-refractivity contribution >= 4 is 11.8 Å². The topological polar surface area (TPSA) is 67.4 Å². The van der Waals surface area contributed by atoms with E-state index in [2.05, 4.69) is 24.7 Å². The minimum Gasteiger partial charge on any atom is -0.494 e. The summed E-state index contributed by atoms with van der Waals surface area (Å²) in [5, 5.41) is 0. The highest BCUT2D eigenvalue weighted by Gasteiger charge is 2.07. The summed E-state index contributed by atoms with van der Waals surface area (Å²) in [6.45, 7) is 6.85. The number of carbonyl (C=O) groups is 2. The number of hydrogen-bond donors (Lipinski definition) is 2. The predicted molar refractivity (Wildman–Crippen MR) is 81.9 cm³/mol. The zero-order valence-corrected chi connectivity index (χ0v) is 12.9. The maximum Gasteiger partial charge on any atom is 0.269 e. The van der Waals surface area contributed by atoms with Crippen LogP contribution in [-0.2, 0) is 4.79 Å². The van der Waals surface area contributed by atoms with Crippen molar-refractivity contribution < 1.29 is 14.3 Å². The maximum atomic E-state index is 11.8. The van der Waals surface area contributed by atoms with Crippen LogP contribution in [0.15, 0.2) is 24.3 Å². The van der Waals surface area contributed by atoms with Crippen molar-refractivity contribution in [1.29, 1.82) is 0 Å². The molecule has 0 spiro atoms. The Kier molecular flexibility index (Phi) is 7.29. The second-order valence-electron chi connectivity index (χ2n) is 5.31. The third-order valence-corrected chi connectivity index (χ3v) is 2.87. The number of carbonyl (C=O) groups excluding carboxylic acids is 2. The molecule has 0 aliphatic carbocycles. The molecule has 0 atom stereocenters. The van der Waals surface area contributed by atoms with Gasteiger partial charge in [-0.25, -0.2) is 0 Å². The van der Waals surface area contributed by atoms with Gasteiger partial charge in [0.2, 0.25) is 5.91 Å². The van der Waals surface area contributed by atoms with E-state index in [1.54, 1.807) is 24.3 Å². The minimum atomic E-state index is -0.340. The van der Waals surface area contributed by atoms with Gasteiger partial charge in [0, 0.05) is 12.0 Å². The maximum absolute atomic E-state index is 11.8. The van der Waals surface area contributed by atoms with Crippen molar-refractivity contribution in [3.05, 3.63) is 29.8 Å². The number of rotatable bonds is 7. The van der Waals surface area contributed by atoms with E-state index in [1.165, 1.54) is 0 Å². The highest BCUT2D eigenvalue weighted by molar-refractivity contribution is 5.95. The number of hydrazine groups is 1. The molecule has 0 aliphatic heterocycles. The van der Waals surface area contributed by atoms with Crippen molar-refractivity contribution in [3.63, 3.8) is 0 Å². The molecule has 1 aromatic rings. The Morgan fingerprint density at radius 3 is 2.38 bits per heavy atom. The lowest BCUT2D eigenvalue weighted by Crippen LogP contribution is -2.41. The summed E-state index contributed by atoms with van der Waals surface area (Å²) < 4.78 is 5.58. The van der Waals surface area contributed by atoms with E-state index < -0.39 is 0 Å². The fraction of sp³-hybridized carbons (Fsp3) is 0.500. The second kappa shape index (κ2) is 9.00. The summed E-state index contributed by atoms with van der Waals surface area (Å²) in [4.78, 5) is 23.1. The molecule has 0 heterocycles. The van der Waals surface area contributed by atoms with Gasteiger partial charge in [-0.2, -0.15) is 0 Å². The van der Waals surface area contributed by atoms with Gasteiger partial charge >= 0.3 is 0 Å². The van der Waals surface area contributed by atoms with Crippen LogP contribution in [0.4, 0.5) is 0 Å². The van der Waals surface area contributed by atoms with Gasteiger partial charge < -0.3 is 4.74 Å². The van der Waals surface area contributed by atoms with E-state index >= 15 is 0 Å². The molecule has 0 saturated heterocycles. The van der Waals surface area contributed by atoms with Crippen molar-refractivity contribution in [1.82, 2.24) is 10.9 Å². The zero-order valence-electron chi connectivity index (χ0n) is 12.9. The molecule has 2 N–H and O–H groups in total. The van der Waals surface area contributed by atoms with Crippen molar-refractivity contribution in [2.24, 2.45) is 5.92 Å². The molecule has 0 aromatic heterocycles. The van der Waals surface area contributed by atoms with Crippen LogP contribution < -0.4 is 15.6 Å². The van der Waals surface area contributed by atoms with Gasteiger partial charge in [0.15, 0.2) is 0 Å². The largest absolute Gasteiger partial charge is 0.494 e. The molecule has 21 heavy (non-hydrogen) atoms. The van der Waals surface area contributed by atoms with Crippen LogP contribution in [0.1, 0.15) is 50.4 Å². The Morgan fingerprint density at radius 1 is 1.14 bits per heavy atom. The molecule has 2 amide bonds. The first-order valence-electron chi connectivity index (χ1n) is 7.35. The first-order chi connectivity index (χ1) is 10.0. The van der Waals surface area contributed by atoms with E-state index in [0.717, 1.165) is 18.6 Å². The van der Waals surface area contributed by atoms with Crippen LogP contribution in [0.2, 0.25) is 0 Å². The second-order valence-corrected chi connectivity index (χ2v) is 5.31. The summed E-state index contributed by atoms with van der Waals surface area (Å²) in [6, 6.07) is 6.85. The number of hydrogen-bond acceptors (Lipinski definition) is 3. The van der Waals surface area contributed by atoms with E-state index in [1.807, 2.05) is 6.92 Å². The lowest BCUT2D eigenvalue weighted by molar-refractivity contribution is -0.121. The standard InChI is InChI=1S/C16H24N2O3/c1-4-5-15(19)17-18-16(20)13-6-8-14(9-7-13)21-11-10-12(2)3/h6-9,12H,4-5,10-11H2,1-3H3,(H,17,19)(H,18,20). The van der Waals surface area contributed by atoms with Crippen molar-refractivity contribution in [2.45, 2.75) is 40.0 Å². The summed E-state index contributed by atoms with van der Waals surface area (Å²) in [7, 11) is 0. The summed E-state index contributed by atoms with van der Waals surface area (Å²) in [5.41, 5.74) is 5.23. The molecular weight excluding hydrogens is 268 g/mol. The molecule has 0 unspecified atom stereocenters. The van der Waals surface area contributed by atoms with E-state index in [0.29, 0.717) is 24.5 Å². The number of amides is 2. The summed E-state index contributed by atoms with van der Waals surface area (Å²) in [6.07, 6.45) is 2.12. The Balaban J connectivity index is 2.42. The molecule has 0 radical (unpaired) electrons. The van der Waals surface area contributed by atoms with Gasteiger partial charge in [0.25, 0.3) is 5.91 Å². The summed E-state index contributed by atoms with van der Waals surface area (Å²) >= 11 is 0. The Bertz CT molecular complexity index is 455.